The zero-order chi connectivity index (χ0) is 17.5. The molecular weight excluding hydrogens is 437 g/mol. The highest BCUT2D eigenvalue weighted by Crippen LogP contribution is 2.17. The van der Waals surface area contributed by atoms with Gasteiger partial charge in [0.25, 0.3) is 0 Å². The van der Waals surface area contributed by atoms with Crippen LogP contribution in [0.15, 0.2) is 65.6 Å². The topological polar surface area (TPSA) is 63.3 Å². The number of carboxylic acids is 1. The zero-order valence-electron chi connectivity index (χ0n) is 12.9. The highest BCUT2D eigenvalue weighted by molar-refractivity contribution is 14.1. The fourth-order valence-corrected chi connectivity index (χ4v) is 2.53. The summed E-state index contributed by atoms with van der Waals surface area (Å²) in [7, 11) is 0. The number of benzene rings is 2. The molecule has 2 aromatic rings. The SMILES string of the molecule is CC(S)C(=O)O.Ic1cc2ccc1=2.c1ccc(-c2cocn2)cc1. The molecule has 0 spiro atoms. The second-order valence-corrected chi connectivity index (χ2v) is 6.89. The summed E-state index contributed by atoms with van der Waals surface area (Å²) < 4.78 is 6.27. The Bertz CT molecular complexity index is 880. The second kappa shape index (κ2) is 8.89. The third-order valence-corrected chi connectivity index (χ3v) is 4.25. The summed E-state index contributed by atoms with van der Waals surface area (Å²) in [6.45, 7) is 1.51. The van der Waals surface area contributed by atoms with E-state index in [9.17, 15) is 4.79 Å². The van der Waals surface area contributed by atoms with Gasteiger partial charge in [0.05, 0.1) is 5.25 Å². The van der Waals surface area contributed by atoms with E-state index in [-0.39, 0.29) is 0 Å². The third-order valence-electron chi connectivity index (χ3n) is 3.14. The molecule has 2 aliphatic rings. The molecule has 1 N–H and O–H groups in total. The lowest BCUT2D eigenvalue weighted by Gasteiger charge is -2.02. The molecule has 1 heterocycles. The predicted octanol–water partition coefficient (Wildman–Crippen LogP) is 4.62. The van der Waals surface area contributed by atoms with Gasteiger partial charge in [-0.3, -0.25) is 4.79 Å². The van der Waals surface area contributed by atoms with Crippen LogP contribution in [0.1, 0.15) is 6.92 Å². The average Bonchev–Trinajstić information content (AvgIpc) is 3.09. The van der Waals surface area contributed by atoms with Crippen molar-refractivity contribution in [2.45, 2.75) is 12.2 Å². The van der Waals surface area contributed by atoms with Gasteiger partial charge in [0, 0.05) is 9.13 Å². The highest BCUT2D eigenvalue weighted by atomic mass is 127. The highest BCUT2D eigenvalue weighted by Gasteiger charge is 2.00. The van der Waals surface area contributed by atoms with Crippen molar-refractivity contribution in [1.29, 1.82) is 0 Å². The monoisotopic (exact) mass is 453 g/mol. The van der Waals surface area contributed by atoms with Crippen molar-refractivity contribution in [2.24, 2.45) is 0 Å². The van der Waals surface area contributed by atoms with Gasteiger partial charge in [0.15, 0.2) is 6.39 Å². The summed E-state index contributed by atoms with van der Waals surface area (Å²) in [5.74, 6) is -0.877. The lowest BCUT2D eigenvalue weighted by atomic mass is 10.1. The van der Waals surface area contributed by atoms with Crippen LogP contribution in [0.4, 0.5) is 0 Å². The van der Waals surface area contributed by atoms with Crippen LogP contribution < -0.4 is 0 Å². The maximum absolute atomic E-state index is 9.62. The van der Waals surface area contributed by atoms with E-state index in [1.54, 1.807) is 6.26 Å². The van der Waals surface area contributed by atoms with Crippen LogP contribution in [0.5, 0.6) is 0 Å². The Morgan fingerprint density at radius 1 is 1.25 bits per heavy atom. The summed E-state index contributed by atoms with van der Waals surface area (Å²) in [6.07, 6.45) is 3.07. The molecule has 0 saturated heterocycles. The molecule has 4 nitrogen and oxygen atoms in total. The Kier molecular flexibility index (Phi) is 6.86. The molecule has 1 unspecified atom stereocenters. The van der Waals surface area contributed by atoms with Crippen molar-refractivity contribution in [3.05, 3.63) is 75.2 Å². The molecule has 0 aliphatic heterocycles. The van der Waals surface area contributed by atoms with Crippen LogP contribution in [0.3, 0.4) is 0 Å². The molecule has 1 aromatic heterocycles. The summed E-state index contributed by atoms with van der Waals surface area (Å²) in [4.78, 5) is 13.6. The van der Waals surface area contributed by atoms with Crippen LogP contribution in [0, 0.1) is 14.0 Å². The Morgan fingerprint density at radius 3 is 2.21 bits per heavy atom. The van der Waals surface area contributed by atoms with E-state index >= 15 is 0 Å². The average molecular weight is 453 g/mol. The molecule has 1 atom stereocenters. The minimum absolute atomic E-state index is 0.537. The lowest BCUT2D eigenvalue weighted by molar-refractivity contribution is -0.136. The van der Waals surface area contributed by atoms with Gasteiger partial charge in [0.1, 0.15) is 12.0 Å². The Morgan fingerprint density at radius 2 is 1.92 bits per heavy atom. The summed E-state index contributed by atoms with van der Waals surface area (Å²) in [5, 5.41) is 10.3. The molecule has 2 aliphatic carbocycles. The molecule has 6 heteroatoms. The Hall–Kier alpha value is -1.80. The predicted molar refractivity (Wildman–Crippen MR) is 105 cm³/mol. The fourth-order valence-electron chi connectivity index (χ4n) is 1.71. The number of oxazole rings is 1. The van der Waals surface area contributed by atoms with E-state index in [0.717, 1.165) is 11.3 Å². The van der Waals surface area contributed by atoms with Gasteiger partial charge in [-0.25, -0.2) is 4.98 Å². The molecular formula is C18H16INO3S. The van der Waals surface area contributed by atoms with Crippen molar-refractivity contribution in [3.8, 4) is 11.3 Å². The van der Waals surface area contributed by atoms with E-state index in [1.807, 2.05) is 30.3 Å². The van der Waals surface area contributed by atoms with Crippen LogP contribution >= 0.6 is 35.2 Å². The first-order valence-electron chi connectivity index (χ1n) is 7.13. The first-order chi connectivity index (χ1) is 11.5. The number of hydrogen-bond donors (Lipinski definition) is 2. The van der Waals surface area contributed by atoms with Crippen molar-refractivity contribution in [2.75, 3.05) is 0 Å². The van der Waals surface area contributed by atoms with Crippen molar-refractivity contribution in [3.63, 3.8) is 0 Å². The molecule has 0 fully saturated rings. The first kappa shape index (κ1) is 18.5. The van der Waals surface area contributed by atoms with Crippen molar-refractivity contribution in [1.82, 2.24) is 4.98 Å². The van der Waals surface area contributed by atoms with Crippen LogP contribution in [0.2, 0.25) is 0 Å². The normalized spacial score (nSPS) is 11.3. The van der Waals surface area contributed by atoms with Crippen LogP contribution in [0.25, 0.3) is 11.3 Å². The second-order valence-electron chi connectivity index (χ2n) is 4.95. The zero-order valence-corrected chi connectivity index (χ0v) is 15.9. The third kappa shape index (κ3) is 5.10. The molecule has 124 valence electrons. The summed E-state index contributed by atoms with van der Waals surface area (Å²) in [6, 6.07) is 16.4. The maximum Gasteiger partial charge on any atom is 0.316 e. The van der Waals surface area contributed by atoms with E-state index < -0.39 is 11.2 Å². The van der Waals surface area contributed by atoms with Crippen LogP contribution in [-0.4, -0.2) is 21.3 Å². The number of thiol groups is 1. The van der Waals surface area contributed by atoms with E-state index in [0.29, 0.717) is 0 Å². The number of halogens is 1. The Labute approximate surface area is 158 Å². The summed E-state index contributed by atoms with van der Waals surface area (Å²) >= 11 is 5.93. The first-order valence-corrected chi connectivity index (χ1v) is 8.73. The number of aromatic nitrogens is 1. The van der Waals surface area contributed by atoms with Gasteiger partial charge >= 0.3 is 5.97 Å². The molecule has 4 rings (SSSR count). The minimum atomic E-state index is -0.877. The molecule has 1 aromatic carbocycles. The standard InChI is InChI=1S/C9H7NO.C6H3I.C3H6O2S/c1-2-4-8(5-3-1)9-6-11-7-10-9;7-6-3-4-1-2-5(4)6;1-2(6)3(4)5/h1-7H;1-3H;2,6H,1H3,(H,4,5). The Balaban J connectivity index is 0.000000139. The quantitative estimate of drug-likeness (QED) is 0.344. The number of carboxylic acid groups (broad SMARTS) is 1. The number of aliphatic carboxylic acids is 1. The van der Waals surface area contributed by atoms with Gasteiger partial charge in [-0.15, -0.1) is 0 Å². The van der Waals surface area contributed by atoms with E-state index in [2.05, 4.69) is 58.4 Å². The molecule has 24 heavy (non-hydrogen) atoms. The number of carbonyl (C=O) groups is 1. The van der Waals surface area contributed by atoms with Gasteiger partial charge < -0.3 is 9.52 Å². The largest absolute Gasteiger partial charge is 0.480 e. The minimum Gasteiger partial charge on any atom is -0.480 e. The van der Waals surface area contributed by atoms with Gasteiger partial charge in [-0.05, 0) is 46.0 Å². The van der Waals surface area contributed by atoms with Crippen molar-refractivity contribution >= 4 is 41.2 Å². The number of nitrogens with zero attached hydrogens (tertiary/aromatic N) is 1. The lowest BCUT2D eigenvalue weighted by Crippen LogP contribution is -2.06. The molecule has 0 amide bonds. The van der Waals surface area contributed by atoms with Crippen LogP contribution in [-0.2, 0) is 4.79 Å². The van der Waals surface area contributed by atoms with Crippen molar-refractivity contribution < 1.29 is 14.3 Å². The number of hydrogen-bond acceptors (Lipinski definition) is 4. The molecule has 0 radical (unpaired) electrons. The van der Waals surface area contributed by atoms with Gasteiger partial charge in [0.2, 0.25) is 0 Å². The van der Waals surface area contributed by atoms with E-state index in [1.165, 1.54) is 27.3 Å². The summed E-state index contributed by atoms with van der Waals surface area (Å²) in [5.41, 5.74) is 1.96. The molecule has 0 saturated carbocycles. The number of rotatable bonds is 2. The van der Waals surface area contributed by atoms with Gasteiger partial charge in [-0.2, -0.15) is 12.6 Å². The fraction of sp³-hybridized carbons (Fsp3) is 0.111. The molecule has 0 bridgehead atoms. The maximum atomic E-state index is 9.62. The van der Waals surface area contributed by atoms with E-state index in [4.69, 9.17) is 9.52 Å². The smallest absolute Gasteiger partial charge is 0.316 e. The van der Waals surface area contributed by atoms with Gasteiger partial charge in [-0.1, -0.05) is 42.5 Å².